The van der Waals surface area contributed by atoms with Crippen molar-refractivity contribution in [1.29, 1.82) is 0 Å². The van der Waals surface area contributed by atoms with E-state index in [2.05, 4.69) is 10.2 Å². The zero-order chi connectivity index (χ0) is 19.6. The number of benzene rings is 2. The van der Waals surface area contributed by atoms with E-state index in [1.165, 1.54) is 0 Å². The van der Waals surface area contributed by atoms with Crippen molar-refractivity contribution in [2.45, 2.75) is 17.8 Å². The van der Waals surface area contributed by atoms with Gasteiger partial charge in [-0.1, -0.05) is 24.3 Å². The maximum absolute atomic E-state index is 13.8. The van der Waals surface area contributed by atoms with E-state index >= 15 is 0 Å². The molecular formula is C16H8F6N2O2. The monoisotopic (exact) mass is 374 g/mol. The number of aliphatic imine (C=N–C) groups is 1. The first-order valence-corrected chi connectivity index (χ1v) is 6.83. The Morgan fingerprint density at radius 2 is 1.08 bits per heavy atom. The van der Waals surface area contributed by atoms with Gasteiger partial charge < -0.3 is 0 Å². The van der Waals surface area contributed by atoms with Gasteiger partial charge in [0.1, 0.15) is 5.69 Å². The quantitative estimate of drug-likeness (QED) is 0.309. The molecule has 2 aromatic carbocycles. The molecule has 0 aromatic heterocycles. The molecule has 0 aliphatic carbocycles. The molecule has 10 heteroatoms. The molecule has 0 spiro atoms. The summed E-state index contributed by atoms with van der Waals surface area (Å²) in [4.78, 5) is 23.7. The molecule has 0 saturated carbocycles. The van der Waals surface area contributed by atoms with Gasteiger partial charge in [0.25, 0.3) is 0 Å². The highest BCUT2D eigenvalue weighted by molar-refractivity contribution is 5.53. The van der Waals surface area contributed by atoms with Gasteiger partial charge in [0.2, 0.25) is 11.5 Å². The zero-order valence-corrected chi connectivity index (χ0v) is 12.6. The average molecular weight is 374 g/mol. The van der Waals surface area contributed by atoms with E-state index in [1.807, 2.05) is 0 Å². The number of nitroso groups, excluding NO2 is 1. The molecule has 136 valence electrons. The Bertz CT molecular complexity index is 821. The normalized spacial score (nSPS) is 12.4. The van der Waals surface area contributed by atoms with Gasteiger partial charge in [-0.05, 0) is 40.6 Å². The average Bonchev–Trinajstić information content (AvgIpc) is 2.55. The van der Waals surface area contributed by atoms with Crippen molar-refractivity contribution in [3.63, 3.8) is 0 Å². The summed E-state index contributed by atoms with van der Waals surface area (Å²) in [6.07, 6.45) is -10.4. The third-order valence-corrected chi connectivity index (χ3v) is 3.73. The topological polar surface area (TPSA) is 58.9 Å². The van der Waals surface area contributed by atoms with Crippen LogP contribution in [0.25, 0.3) is 0 Å². The molecule has 0 amide bonds. The van der Waals surface area contributed by atoms with Crippen LogP contribution in [0.2, 0.25) is 0 Å². The standard InChI is InChI=1S/C16H8F6N2O2/c17-15(18,19)14(16(20,21)22,11-3-7-13(24-26)8-4-11)10-1-5-12(6-2-10)23-9-25/h1-8H. The number of carbonyl (C=O) groups excluding carboxylic acids is 1. The number of hydrogen-bond acceptors (Lipinski definition) is 4. The molecule has 0 saturated heterocycles. The summed E-state index contributed by atoms with van der Waals surface area (Å²) in [5, 5.41) is 2.46. The van der Waals surface area contributed by atoms with Crippen LogP contribution >= 0.6 is 0 Å². The summed E-state index contributed by atoms with van der Waals surface area (Å²) in [7, 11) is 0. The van der Waals surface area contributed by atoms with Gasteiger partial charge in [0.15, 0.2) is 0 Å². The Kier molecular flexibility index (Phi) is 4.99. The Morgan fingerprint density at radius 3 is 1.38 bits per heavy atom. The summed E-state index contributed by atoms with van der Waals surface area (Å²) >= 11 is 0. The molecule has 2 rings (SSSR count). The molecule has 0 fully saturated rings. The largest absolute Gasteiger partial charge is 0.411 e. The molecule has 0 aliphatic rings. The van der Waals surface area contributed by atoms with E-state index in [4.69, 9.17) is 0 Å². The highest BCUT2D eigenvalue weighted by atomic mass is 19.4. The number of rotatable bonds is 4. The van der Waals surface area contributed by atoms with Crippen molar-refractivity contribution < 1.29 is 31.1 Å². The third-order valence-electron chi connectivity index (χ3n) is 3.73. The molecule has 0 heterocycles. The highest BCUT2D eigenvalue weighted by Crippen LogP contribution is 2.56. The minimum atomic E-state index is -5.75. The highest BCUT2D eigenvalue weighted by Gasteiger charge is 2.72. The van der Waals surface area contributed by atoms with Gasteiger partial charge in [0, 0.05) is 0 Å². The van der Waals surface area contributed by atoms with E-state index in [-0.39, 0.29) is 11.4 Å². The van der Waals surface area contributed by atoms with Gasteiger partial charge in [0.05, 0.1) is 5.69 Å². The second kappa shape index (κ2) is 6.72. The van der Waals surface area contributed by atoms with Crippen molar-refractivity contribution in [1.82, 2.24) is 0 Å². The van der Waals surface area contributed by atoms with Crippen LogP contribution in [0.15, 0.2) is 58.7 Å². The Labute approximate surface area is 142 Å². The Morgan fingerprint density at radius 1 is 0.692 bits per heavy atom. The first kappa shape index (κ1) is 19.3. The summed E-state index contributed by atoms with van der Waals surface area (Å²) < 4.78 is 82.7. The van der Waals surface area contributed by atoms with Crippen molar-refractivity contribution in [2.75, 3.05) is 0 Å². The van der Waals surface area contributed by atoms with Gasteiger partial charge >= 0.3 is 12.4 Å². The molecule has 26 heavy (non-hydrogen) atoms. The first-order valence-electron chi connectivity index (χ1n) is 6.83. The van der Waals surface area contributed by atoms with Gasteiger partial charge in [-0.15, -0.1) is 4.91 Å². The van der Waals surface area contributed by atoms with Crippen LogP contribution in [0.3, 0.4) is 0 Å². The molecule has 0 N–H and O–H groups in total. The van der Waals surface area contributed by atoms with E-state index in [9.17, 15) is 36.0 Å². The summed E-state index contributed by atoms with van der Waals surface area (Å²) in [6, 6.07) is 5.48. The summed E-state index contributed by atoms with van der Waals surface area (Å²) in [6.45, 7) is 0. The minimum Gasteiger partial charge on any atom is -0.211 e. The molecule has 0 atom stereocenters. The lowest BCUT2D eigenvalue weighted by Crippen LogP contribution is -2.54. The smallest absolute Gasteiger partial charge is 0.211 e. The lowest BCUT2D eigenvalue weighted by molar-refractivity contribution is -0.288. The van der Waals surface area contributed by atoms with Gasteiger partial charge in [-0.2, -0.15) is 31.3 Å². The number of halogens is 6. The summed E-state index contributed by atoms with van der Waals surface area (Å²) in [5.74, 6) is 0. The van der Waals surface area contributed by atoms with Crippen LogP contribution < -0.4 is 0 Å². The van der Waals surface area contributed by atoms with Crippen molar-refractivity contribution in [3.05, 3.63) is 64.6 Å². The number of nitrogens with zero attached hydrogens (tertiary/aromatic N) is 2. The van der Waals surface area contributed by atoms with Crippen molar-refractivity contribution in [2.24, 2.45) is 10.2 Å². The lowest BCUT2D eigenvalue weighted by atomic mass is 9.73. The van der Waals surface area contributed by atoms with E-state index < -0.39 is 28.9 Å². The SMILES string of the molecule is O=C=Nc1ccc(C(c2ccc(N=O)cc2)(C(F)(F)F)C(F)(F)F)cc1. The van der Waals surface area contributed by atoms with Crippen LogP contribution in [0.5, 0.6) is 0 Å². The van der Waals surface area contributed by atoms with Crippen LogP contribution in [0.1, 0.15) is 11.1 Å². The molecule has 0 radical (unpaired) electrons. The molecular weight excluding hydrogens is 366 g/mol. The van der Waals surface area contributed by atoms with E-state index in [0.717, 1.165) is 30.3 Å². The molecule has 4 nitrogen and oxygen atoms in total. The fraction of sp³-hybridized carbons (Fsp3) is 0.188. The molecule has 0 bridgehead atoms. The molecule has 2 aromatic rings. The van der Waals surface area contributed by atoms with Crippen LogP contribution in [0.4, 0.5) is 37.7 Å². The molecule has 0 aliphatic heterocycles. The van der Waals surface area contributed by atoms with E-state index in [1.54, 1.807) is 0 Å². The van der Waals surface area contributed by atoms with Crippen LogP contribution in [-0.4, -0.2) is 18.4 Å². The fourth-order valence-corrected chi connectivity index (χ4v) is 2.59. The predicted molar refractivity (Wildman–Crippen MR) is 79.0 cm³/mol. The maximum atomic E-state index is 13.8. The predicted octanol–water partition coefficient (Wildman–Crippen LogP) is 5.46. The number of hydrogen-bond donors (Lipinski definition) is 0. The van der Waals surface area contributed by atoms with E-state index in [0.29, 0.717) is 24.3 Å². The number of alkyl halides is 6. The fourth-order valence-electron chi connectivity index (χ4n) is 2.59. The summed E-state index contributed by atoms with van der Waals surface area (Å²) in [5.41, 5.74) is -7.05. The minimum absolute atomic E-state index is 0.150. The lowest BCUT2D eigenvalue weighted by Gasteiger charge is -2.38. The van der Waals surface area contributed by atoms with Crippen molar-refractivity contribution >= 4 is 17.5 Å². The third kappa shape index (κ3) is 3.11. The van der Waals surface area contributed by atoms with Crippen LogP contribution in [-0.2, 0) is 10.2 Å². The van der Waals surface area contributed by atoms with Crippen molar-refractivity contribution in [3.8, 4) is 0 Å². The second-order valence-electron chi connectivity index (χ2n) is 5.13. The van der Waals surface area contributed by atoms with Gasteiger partial charge in [-0.3, -0.25) is 0 Å². The molecule has 0 unspecified atom stereocenters. The Hall–Kier alpha value is -3.00. The van der Waals surface area contributed by atoms with Gasteiger partial charge in [-0.25, -0.2) is 4.79 Å². The second-order valence-corrected chi connectivity index (χ2v) is 5.13. The number of isocyanates is 1. The maximum Gasteiger partial charge on any atom is 0.411 e. The zero-order valence-electron chi connectivity index (χ0n) is 12.6. The first-order chi connectivity index (χ1) is 12.1. The Balaban J connectivity index is 2.83. The van der Waals surface area contributed by atoms with Crippen LogP contribution in [0, 0.1) is 4.91 Å².